The molecule has 0 saturated carbocycles. The van der Waals surface area contributed by atoms with Crippen LogP contribution in [0.2, 0.25) is 0 Å². The van der Waals surface area contributed by atoms with Crippen LogP contribution in [-0.4, -0.2) is 79.2 Å². The van der Waals surface area contributed by atoms with Crippen molar-refractivity contribution < 1.29 is 32.5 Å². The van der Waals surface area contributed by atoms with Crippen LogP contribution in [0, 0.1) is 0 Å². The number of aliphatic hydroxyl groups is 1. The van der Waals surface area contributed by atoms with E-state index in [4.69, 9.17) is 4.74 Å². The molecule has 0 bridgehead atoms. The van der Waals surface area contributed by atoms with Gasteiger partial charge in [0, 0.05) is 32.7 Å². The van der Waals surface area contributed by atoms with E-state index in [1.807, 2.05) is 35.2 Å². The summed E-state index contributed by atoms with van der Waals surface area (Å²) in [4.78, 5) is 15.5. The quantitative estimate of drug-likeness (QED) is 0.787. The number of carbonyl (C=O) groups is 1. The summed E-state index contributed by atoms with van der Waals surface area (Å²) < 4.78 is 45.7. The molecule has 0 aromatic heterocycles. The number of ether oxygens (including phenoxy) is 2. The lowest BCUT2D eigenvalue weighted by Gasteiger charge is -2.35. The standard InChI is InChI=1S/C17H23F3N2O4/c18-17(19,20)13-25-12-15(23)10-21-6-8-22(9-7-21)16(24)26-11-14-4-2-1-3-5-14/h1-5,15,23H,6-13H2/t15-/m1/s1. The maximum Gasteiger partial charge on any atom is 0.411 e. The van der Waals surface area contributed by atoms with E-state index in [1.54, 1.807) is 4.90 Å². The van der Waals surface area contributed by atoms with Crippen LogP contribution in [0.1, 0.15) is 5.56 Å². The third-order valence-corrected chi connectivity index (χ3v) is 3.88. The molecule has 1 aromatic rings. The zero-order chi connectivity index (χ0) is 19.0. The third-order valence-electron chi connectivity index (χ3n) is 3.88. The minimum atomic E-state index is -4.40. The SMILES string of the molecule is O=C(OCc1ccccc1)N1CCN(C[C@@H](O)COCC(F)(F)F)CC1. The molecule has 1 aromatic carbocycles. The van der Waals surface area contributed by atoms with Crippen LogP contribution < -0.4 is 0 Å². The van der Waals surface area contributed by atoms with Crippen molar-refractivity contribution in [3.8, 4) is 0 Å². The summed E-state index contributed by atoms with van der Waals surface area (Å²) in [5.74, 6) is 0. The van der Waals surface area contributed by atoms with Gasteiger partial charge in [-0.15, -0.1) is 0 Å². The molecule has 1 atom stereocenters. The van der Waals surface area contributed by atoms with Crippen molar-refractivity contribution in [2.24, 2.45) is 0 Å². The molecule has 1 aliphatic rings. The van der Waals surface area contributed by atoms with E-state index in [2.05, 4.69) is 4.74 Å². The first kappa shape index (κ1) is 20.5. The fraction of sp³-hybridized carbons (Fsp3) is 0.588. The van der Waals surface area contributed by atoms with E-state index in [0.29, 0.717) is 26.2 Å². The number of piperazine rings is 1. The van der Waals surface area contributed by atoms with Gasteiger partial charge < -0.3 is 19.5 Å². The Morgan fingerprint density at radius 1 is 1.15 bits per heavy atom. The van der Waals surface area contributed by atoms with E-state index in [9.17, 15) is 23.1 Å². The molecule has 1 heterocycles. The van der Waals surface area contributed by atoms with Gasteiger partial charge in [-0.2, -0.15) is 13.2 Å². The van der Waals surface area contributed by atoms with Gasteiger partial charge in [-0.1, -0.05) is 30.3 Å². The van der Waals surface area contributed by atoms with Gasteiger partial charge in [0.15, 0.2) is 0 Å². The lowest BCUT2D eigenvalue weighted by atomic mass is 10.2. The minimum absolute atomic E-state index is 0.199. The Bertz CT molecular complexity index is 549. The van der Waals surface area contributed by atoms with E-state index in [1.165, 1.54) is 0 Å². The maximum absolute atomic E-state index is 12.0. The fourth-order valence-corrected chi connectivity index (χ4v) is 2.59. The van der Waals surface area contributed by atoms with Crippen LogP contribution >= 0.6 is 0 Å². The van der Waals surface area contributed by atoms with Gasteiger partial charge in [0.25, 0.3) is 0 Å². The number of amides is 1. The molecule has 0 aliphatic carbocycles. The van der Waals surface area contributed by atoms with Gasteiger partial charge >= 0.3 is 12.3 Å². The number of hydrogen-bond acceptors (Lipinski definition) is 5. The molecule has 1 fully saturated rings. The number of carbonyl (C=O) groups excluding carboxylic acids is 1. The smallest absolute Gasteiger partial charge is 0.411 e. The fourth-order valence-electron chi connectivity index (χ4n) is 2.59. The Kier molecular flexibility index (Phi) is 7.67. The van der Waals surface area contributed by atoms with Crippen molar-refractivity contribution >= 4 is 6.09 Å². The summed E-state index contributed by atoms with van der Waals surface area (Å²) in [5.41, 5.74) is 0.904. The number of rotatable bonds is 7. The Morgan fingerprint density at radius 2 is 1.81 bits per heavy atom. The summed E-state index contributed by atoms with van der Waals surface area (Å²) in [5, 5.41) is 9.74. The van der Waals surface area contributed by atoms with Gasteiger partial charge in [0.1, 0.15) is 13.2 Å². The van der Waals surface area contributed by atoms with Gasteiger partial charge in [0.2, 0.25) is 0 Å². The van der Waals surface area contributed by atoms with Crippen LogP contribution in [-0.2, 0) is 16.1 Å². The van der Waals surface area contributed by atoms with Gasteiger partial charge in [-0.25, -0.2) is 4.79 Å². The van der Waals surface area contributed by atoms with Crippen LogP contribution in [0.25, 0.3) is 0 Å². The molecule has 1 amide bonds. The molecular formula is C17H23F3N2O4. The lowest BCUT2D eigenvalue weighted by molar-refractivity contribution is -0.179. The first-order chi connectivity index (χ1) is 12.3. The van der Waals surface area contributed by atoms with Gasteiger partial charge in [-0.3, -0.25) is 4.90 Å². The van der Waals surface area contributed by atoms with Crippen LogP contribution in [0.3, 0.4) is 0 Å². The van der Waals surface area contributed by atoms with Crippen molar-refractivity contribution in [3.05, 3.63) is 35.9 Å². The highest BCUT2D eigenvalue weighted by Gasteiger charge is 2.28. The highest BCUT2D eigenvalue weighted by atomic mass is 19.4. The van der Waals surface area contributed by atoms with Crippen LogP contribution in [0.15, 0.2) is 30.3 Å². The topological polar surface area (TPSA) is 62.2 Å². The molecule has 1 saturated heterocycles. The third kappa shape index (κ3) is 7.59. The molecule has 0 spiro atoms. The molecule has 0 radical (unpaired) electrons. The summed E-state index contributed by atoms with van der Waals surface area (Å²) >= 11 is 0. The second-order valence-corrected chi connectivity index (χ2v) is 6.11. The average Bonchev–Trinajstić information content (AvgIpc) is 2.60. The van der Waals surface area contributed by atoms with Gasteiger partial charge in [-0.05, 0) is 5.56 Å². The lowest BCUT2D eigenvalue weighted by Crippen LogP contribution is -2.51. The largest absolute Gasteiger partial charge is 0.445 e. The molecule has 1 N–H and O–H groups in total. The van der Waals surface area contributed by atoms with Crippen molar-refractivity contribution in [2.75, 3.05) is 45.9 Å². The highest BCUT2D eigenvalue weighted by molar-refractivity contribution is 5.67. The number of nitrogens with zero attached hydrogens (tertiary/aromatic N) is 2. The van der Waals surface area contributed by atoms with Crippen molar-refractivity contribution in [2.45, 2.75) is 18.9 Å². The Hall–Kier alpha value is -1.84. The van der Waals surface area contributed by atoms with E-state index in [0.717, 1.165) is 5.56 Å². The van der Waals surface area contributed by atoms with Crippen molar-refractivity contribution in [1.82, 2.24) is 9.80 Å². The maximum atomic E-state index is 12.0. The first-order valence-electron chi connectivity index (χ1n) is 8.34. The Morgan fingerprint density at radius 3 is 2.42 bits per heavy atom. The molecule has 0 unspecified atom stereocenters. The number of alkyl halides is 3. The van der Waals surface area contributed by atoms with Crippen molar-refractivity contribution in [3.63, 3.8) is 0 Å². The predicted octanol–water partition coefficient (Wildman–Crippen LogP) is 1.88. The molecule has 1 aliphatic heterocycles. The van der Waals surface area contributed by atoms with E-state index in [-0.39, 0.29) is 19.8 Å². The summed E-state index contributed by atoms with van der Waals surface area (Å²) in [6.07, 6.45) is -5.80. The average molecular weight is 376 g/mol. The predicted molar refractivity (Wildman–Crippen MR) is 87.5 cm³/mol. The van der Waals surface area contributed by atoms with E-state index >= 15 is 0 Å². The second-order valence-electron chi connectivity index (χ2n) is 6.11. The number of halogens is 3. The molecule has 9 heteroatoms. The summed E-state index contributed by atoms with van der Waals surface area (Å²) in [6, 6.07) is 9.35. The minimum Gasteiger partial charge on any atom is -0.445 e. The molecule has 6 nitrogen and oxygen atoms in total. The summed E-state index contributed by atoms with van der Waals surface area (Å²) in [7, 11) is 0. The Balaban J connectivity index is 1.62. The zero-order valence-electron chi connectivity index (χ0n) is 14.3. The Labute approximate surface area is 150 Å². The molecule has 2 rings (SSSR count). The number of hydrogen-bond donors (Lipinski definition) is 1. The van der Waals surface area contributed by atoms with E-state index < -0.39 is 25.0 Å². The number of β-amino-alcohol motifs (C(OH)–C–C–N with tert-alkyl or cyclic N) is 1. The summed E-state index contributed by atoms with van der Waals surface area (Å²) in [6.45, 7) is 0.547. The van der Waals surface area contributed by atoms with Crippen LogP contribution in [0.4, 0.5) is 18.0 Å². The highest BCUT2D eigenvalue weighted by Crippen LogP contribution is 2.14. The van der Waals surface area contributed by atoms with Crippen LogP contribution in [0.5, 0.6) is 0 Å². The zero-order valence-corrected chi connectivity index (χ0v) is 14.3. The normalized spacial score (nSPS) is 17.2. The number of aliphatic hydroxyl groups excluding tert-OH is 1. The number of benzene rings is 1. The molecular weight excluding hydrogens is 353 g/mol. The second kappa shape index (κ2) is 9.75. The molecule has 146 valence electrons. The first-order valence-corrected chi connectivity index (χ1v) is 8.34. The van der Waals surface area contributed by atoms with Gasteiger partial charge in [0.05, 0.1) is 12.7 Å². The van der Waals surface area contributed by atoms with Crippen molar-refractivity contribution in [1.29, 1.82) is 0 Å². The molecule has 26 heavy (non-hydrogen) atoms. The monoisotopic (exact) mass is 376 g/mol.